The highest BCUT2D eigenvalue weighted by Gasteiger charge is 2.61. The Bertz CT molecular complexity index is 2070. The number of ether oxygens (including phenoxy) is 3. The van der Waals surface area contributed by atoms with Gasteiger partial charge in [-0.25, -0.2) is 13.4 Å². The number of ketones is 1. The van der Waals surface area contributed by atoms with Gasteiger partial charge in [-0.3, -0.25) is 23.9 Å². The summed E-state index contributed by atoms with van der Waals surface area (Å²) in [6, 6.07) is 14.3. The number of allylic oxidation sites excluding steroid dienone is 1. The molecule has 1 saturated heterocycles. The SMILES string of the molecule is C=C[C@@H]1C[C@]1(CC(=O)[C@@H]1C[C@@H](Oc2nccc3ccccc23)CN1C(=O)[C@@H](NC(=O)[C@@H]1COc2ccccc2O1)C(C)(C)C)C(=O)NS(=O)(=O)C1CC1. The van der Waals surface area contributed by atoms with E-state index in [-0.39, 0.29) is 32.4 Å². The van der Waals surface area contributed by atoms with Gasteiger partial charge in [-0.2, -0.15) is 0 Å². The van der Waals surface area contributed by atoms with Crippen LogP contribution >= 0.6 is 0 Å². The maximum Gasteiger partial charge on any atom is 0.265 e. The molecule has 7 rings (SSSR count). The summed E-state index contributed by atoms with van der Waals surface area (Å²) in [6.45, 7) is 9.18. The summed E-state index contributed by atoms with van der Waals surface area (Å²) in [7, 11) is -3.86. The third-order valence-electron chi connectivity index (χ3n) is 10.6. The highest BCUT2D eigenvalue weighted by Crippen LogP contribution is 2.57. The first kappa shape index (κ1) is 36.4. The van der Waals surface area contributed by atoms with Gasteiger partial charge < -0.3 is 24.4 Å². The number of rotatable bonds is 12. The first-order valence-corrected chi connectivity index (χ1v) is 19.5. The predicted octanol–water partition coefficient (Wildman–Crippen LogP) is 3.71. The van der Waals surface area contributed by atoms with E-state index in [9.17, 15) is 27.6 Å². The molecule has 3 heterocycles. The molecule has 2 aromatic carbocycles. The molecule has 0 bridgehead atoms. The average molecular weight is 745 g/mol. The lowest BCUT2D eigenvalue weighted by Crippen LogP contribution is -2.59. The lowest BCUT2D eigenvalue weighted by atomic mass is 9.85. The maximum atomic E-state index is 14.7. The number of pyridine rings is 1. The number of carbonyl (C=O) groups excluding carboxylic acids is 4. The Hall–Kier alpha value is -4.98. The minimum Gasteiger partial charge on any atom is -0.485 e. The van der Waals surface area contributed by atoms with Gasteiger partial charge in [0.05, 0.1) is 23.3 Å². The Balaban J connectivity index is 1.15. The van der Waals surface area contributed by atoms with Crippen molar-refractivity contribution >= 4 is 44.3 Å². The fourth-order valence-corrected chi connectivity index (χ4v) is 8.67. The number of benzene rings is 2. The summed E-state index contributed by atoms with van der Waals surface area (Å²) in [5, 5.41) is 3.92. The van der Waals surface area contributed by atoms with E-state index in [0.29, 0.717) is 30.2 Å². The van der Waals surface area contributed by atoms with Crippen LogP contribution in [-0.2, 0) is 29.2 Å². The molecule has 0 radical (unpaired) electrons. The number of Topliss-reactive ketones (excluding diaryl/α,β-unsaturated/α-hetero) is 1. The van der Waals surface area contributed by atoms with Crippen molar-refractivity contribution in [1.82, 2.24) is 19.9 Å². The van der Waals surface area contributed by atoms with Crippen LogP contribution in [0, 0.1) is 16.7 Å². The van der Waals surface area contributed by atoms with Gasteiger partial charge in [0.15, 0.2) is 17.3 Å². The van der Waals surface area contributed by atoms with Crippen molar-refractivity contribution in [2.24, 2.45) is 16.7 Å². The van der Waals surface area contributed by atoms with Gasteiger partial charge in [0, 0.05) is 24.4 Å². The lowest BCUT2D eigenvalue weighted by Gasteiger charge is -2.36. The van der Waals surface area contributed by atoms with Crippen molar-refractivity contribution in [2.75, 3.05) is 13.2 Å². The number of sulfonamides is 1. The minimum atomic E-state index is -3.86. The smallest absolute Gasteiger partial charge is 0.265 e. The van der Waals surface area contributed by atoms with Crippen LogP contribution in [0.1, 0.15) is 52.9 Å². The predicted molar refractivity (Wildman–Crippen MR) is 194 cm³/mol. The fraction of sp³-hybridized carbons (Fsp3) is 0.462. The molecule has 0 unspecified atom stereocenters. The quantitative estimate of drug-likeness (QED) is 0.261. The second-order valence-corrected chi connectivity index (χ2v) is 17.5. The summed E-state index contributed by atoms with van der Waals surface area (Å²) in [5.41, 5.74) is -2.12. The van der Waals surface area contributed by atoms with Crippen molar-refractivity contribution in [2.45, 2.75) is 82.4 Å². The third-order valence-corrected chi connectivity index (χ3v) is 12.4. The van der Waals surface area contributed by atoms with E-state index in [1.807, 2.05) is 51.1 Å². The van der Waals surface area contributed by atoms with Crippen LogP contribution in [0.5, 0.6) is 17.4 Å². The molecule has 2 aliphatic heterocycles. The summed E-state index contributed by atoms with van der Waals surface area (Å²) in [6.07, 6.45) is 2.49. The number of likely N-dealkylation sites (tertiary alicyclic amines) is 1. The molecule has 13 nitrogen and oxygen atoms in total. The number of hydrogen-bond acceptors (Lipinski definition) is 10. The third kappa shape index (κ3) is 7.33. The molecule has 6 atom stereocenters. The monoisotopic (exact) mass is 744 g/mol. The van der Waals surface area contributed by atoms with Crippen molar-refractivity contribution < 1.29 is 41.8 Å². The molecule has 2 aliphatic carbocycles. The average Bonchev–Trinajstić information content (AvgIpc) is 4.06. The number of carbonyl (C=O) groups is 4. The van der Waals surface area contributed by atoms with E-state index in [1.54, 1.807) is 36.5 Å². The Labute approximate surface area is 308 Å². The number of para-hydroxylation sites is 2. The first-order valence-electron chi connectivity index (χ1n) is 17.9. The van der Waals surface area contributed by atoms with E-state index in [0.717, 1.165) is 10.8 Å². The van der Waals surface area contributed by atoms with Crippen molar-refractivity contribution in [3.8, 4) is 17.4 Å². The zero-order valence-electron chi connectivity index (χ0n) is 29.9. The summed E-state index contributed by atoms with van der Waals surface area (Å²) < 4.78 is 45.7. The number of fused-ring (bicyclic) bond motifs is 2. The van der Waals surface area contributed by atoms with Gasteiger partial charge in [0.1, 0.15) is 18.8 Å². The molecule has 1 aromatic heterocycles. The molecular formula is C39H44N4O9S. The van der Waals surface area contributed by atoms with Crippen LogP contribution in [-0.4, -0.2) is 84.5 Å². The zero-order valence-corrected chi connectivity index (χ0v) is 30.8. The highest BCUT2D eigenvalue weighted by atomic mass is 32.2. The second-order valence-electron chi connectivity index (χ2n) is 15.5. The van der Waals surface area contributed by atoms with Crippen LogP contribution in [0.2, 0.25) is 0 Å². The molecule has 0 spiro atoms. The van der Waals surface area contributed by atoms with Crippen LogP contribution in [0.3, 0.4) is 0 Å². The first-order chi connectivity index (χ1) is 25.2. The van der Waals surface area contributed by atoms with Crippen LogP contribution in [0.15, 0.2) is 73.4 Å². The molecule has 2 saturated carbocycles. The summed E-state index contributed by atoms with van der Waals surface area (Å²) in [4.78, 5) is 62.2. The Morgan fingerprint density at radius 2 is 1.79 bits per heavy atom. The lowest BCUT2D eigenvalue weighted by molar-refractivity contribution is -0.145. The van der Waals surface area contributed by atoms with E-state index in [4.69, 9.17) is 14.2 Å². The van der Waals surface area contributed by atoms with Crippen molar-refractivity contribution in [3.63, 3.8) is 0 Å². The number of amides is 3. The summed E-state index contributed by atoms with van der Waals surface area (Å²) >= 11 is 0. The van der Waals surface area contributed by atoms with Gasteiger partial charge >= 0.3 is 0 Å². The second kappa shape index (κ2) is 13.8. The van der Waals surface area contributed by atoms with Crippen LogP contribution in [0.4, 0.5) is 0 Å². The van der Waals surface area contributed by atoms with Crippen molar-refractivity contribution in [1.29, 1.82) is 0 Å². The van der Waals surface area contributed by atoms with Gasteiger partial charge in [0.25, 0.3) is 5.91 Å². The molecule has 53 heavy (non-hydrogen) atoms. The van der Waals surface area contributed by atoms with Gasteiger partial charge in [-0.1, -0.05) is 57.2 Å². The largest absolute Gasteiger partial charge is 0.485 e. The summed E-state index contributed by atoms with van der Waals surface area (Å²) in [5.74, 6) is -1.37. The minimum absolute atomic E-state index is 0.000844. The van der Waals surface area contributed by atoms with Gasteiger partial charge in [-0.15, -0.1) is 6.58 Å². The number of hydrogen-bond donors (Lipinski definition) is 2. The number of nitrogens with one attached hydrogen (secondary N) is 2. The van der Waals surface area contributed by atoms with Crippen LogP contribution in [0.25, 0.3) is 10.8 Å². The molecule has 280 valence electrons. The van der Waals surface area contributed by atoms with E-state index in [1.165, 1.54) is 4.90 Å². The zero-order chi connectivity index (χ0) is 37.7. The standard InChI is InChI=1S/C39H44N4O9S/c1-5-24-19-39(24,37(47)42-53(48,49)26-14-15-26)20-29(44)28-18-25(51-35-27-11-7-6-10-23(27)16-17-40-35)21-43(28)36(46)33(38(2,3)4)41-34(45)32-22-50-30-12-8-9-13-31(30)52-32/h5-13,16-17,24-26,28,32-33H,1,14-15,18-22H2,2-4H3,(H,41,45)(H,42,47)/t24-,25-,28+,32+,33-,39-/m1/s1. The van der Waals surface area contributed by atoms with E-state index in [2.05, 4.69) is 21.6 Å². The topological polar surface area (TPSA) is 170 Å². The Morgan fingerprint density at radius 1 is 1.08 bits per heavy atom. The Morgan fingerprint density at radius 3 is 2.49 bits per heavy atom. The normalized spacial score (nSPS) is 25.6. The fourth-order valence-electron chi connectivity index (χ4n) is 7.28. The molecule has 3 aromatic rings. The Kier molecular flexibility index (Phi) is 9.46. The molecule has 14 heteroatoms. The van der Waals surface area contributed by atoms with Crippen LogP contribution < -0.4 is 24.2 Å². The number of aromatic nitrogens is 1. The molecular weight excluding hydrogens is 701 g/mol. The number of nitrogens with zero attached hydrogens (tertiary/aromatic N) is 2. The van der Waals surface area contributed by atoms with Gasteiger partial charge in [-0.05, 0) is 60.2 Å². The molecule has 3 fully saturated rings. The van der Waals surface area contributed by atoms with E-state index >= 15 is 0 Å². The highest BCUT2D eigenvalue weighted by molar-refractivity contribution is 7.90. The maximum absolute atomic E-state index is 14.7. The molecule has 2 N–H and O–H groups in total. The van der Waals surface area contributed by atoms with E-state index < -0.39 is 79.8 Å². The van der Waals surface area contributed by atoms with Crippen molar-refractivity contribution in [3.05, 3.63) is 73.4 Å². The van der Waals surface area contributed by atoms with Gasteiger partial charge in [0.2, 0.25) is 33.8 Å². The molecule has 3 amide bonds. The molecule has 4 aliphatic rings.